The molecular formula is C13H18N2O4. The van der Waals surface area contributed by atoms with Crippen LogP contribution in [0.15, 0.2) is 18.2 Å². The molecule has 2 N–H and O–H groups in total. The molecule has 0 unspecified atom stereocenters. The summed E-state index contributed by atoms with van der Waals surface area (Å²) in [5, 5.41) is 22.7. The molecule has 0 radical (unpaired) electrons. The van der Waals surface area contributed by atoms with E-state index in [1.54, 1.807) is 0 Å². The Bertz CT molecular complexity index is 492. The third-order valence-electron chi connectivity index (χ3n) is 2.63. The van der Waals surface area contributed by atoms with Gasteiger partial charge in [0.15, 0.2) is 0 Å². The van der Waals surface area contributed by atoms with Crippen LogP contribution in [0.1, 0.15) is 37.6 Å². The highest BCUT2D eigenvalue weighted by atomic mass is 16.6. The van der Waals surface area contributed by atoms with Gasteiger partial charge in [-0.15, -0.1) is 0 Å². The number of nitro groups is 1. The molecule has 0 aromatic heterocycles. The summed E-state index contributed by atoms with van der Waals surface area (Å²) in [6, 6.07) is 3.86. The summed E-state index contributed by atoms with van der Waals surface area (Å²) in [6.45, 7) is 6.83. The van der Waals surface area contributed by atoms with Crippen molar-refractivity contribution in [3.05, 3.63) is 33.9 Å². The van der Waals surface area contributed by atoms with Crippen molar-refractivity contribution in [2.45, 2.75) is 27.2 Å². The summed E-state index contributed by atoms with van der Waals surface area (Å²) >= 11 is 0. The van der Waals surface area contributed by atoms with Gasteiger partial charge in [-0.1, -0.05) is 20.8 Å². The maximum atomic E-state index is 10.9. The third-order valence-corrected chi connectivity index (χ3v) is 2.63. The highest BCUT2D eigenvalue weighted by Gasteiger charge is 2.17. The average Bonchev–Trinajstić information content (AvgIpc) is 2.27. The predicted octanol–water partition coefficient (Wildman–Crippen LogP) is 3.14. The molecule has 0 heterocycles. The number of carboxylic acids is 1. The van der Waals surface area contributed by atoms with E-state index in [9.17, 15) is 14.9 Å². The zero-order chi connectivity index (χ0) is 14.6. The number of nitrogens with zero attached hydrogens (tertiary/aromatic N) is 1. The average molecular weight is 266 g/mol. The maximum absolute atomic E-state index is 10.9. The zero-order valence-electron chi connectivity index (χ0n) is 11.3. The van der Waals surface area contributed by atoms with Crippen LogP contribution in [0.5, 0.6) is 0 Å². The first-order valence-electron chi connectivity index (χ1n) is 5.96. The van der Waals surface area contributed by atoms with Gasteiger partial charge in [0, 0.05) is 12.6 Å². The van der Waals surface area contributed by atoms with Crippen LogP contribution in [0, 0.1) is 15.5 Å². The molecule has 1 aromatic rings. The monoisotopic (exact) mass is 266 g/mol. The second-order valence-corrected chi connectivity index (χ2v) is 5.53. The topological polar surface area (TPSA) is 92.5 Å². The normalized spacial score (nSPS) is 11.1. The zero-order valence-corrected chi connectivity index (χ0v) is 11.3. The lowest BCUT2D eigenvalue weighted by atomic mass is 9.92. The van der Waals surface area contributed by atoms with E-state index in [4.69, 9.17) is 5.11 Å². The Morgan fingerprint density at radius 2 is 2.05 bits per heavy atom. The van der Waals surface area contributed by atoms with E-state index in [1.165, 1.54) is 12.1 Å². The van der Waals surface area contributed by atoms with E-state index in [0.717, 1.165) is 12.5 Å². The predicted molar refractivity (Wildman–Crippen MR) is 72.6 cm³/mol. The Morgan fingerprint density at radius 1 is 1.42 bits per heavy atom. The summed E-state index contributed by atoms with van der Waals surface area (Å²) < 4.78 is 0. The first-order chi connectivity index (χ1) is 8.70. The van der Waals surface area contributed by atoms with Crippen molar-refractivity contribution in [3.63, 3.8) is 0 Å². The van der Waals surface area contributed by atoms with Crippen molar-refractivity contribution in [2.75, 3.05) is 11.9 Å². The highest BCUT2D eigenvalue weighted by Crippen LogP contribution is 2.26. The SMILES string of the molecule is CC(C)(C)CCNc1ccc(C(=O)O)cc1[N+](=O)[O-]. The Balaban J connectivity index is 2.89. The van der Waals surface area contributed by atoms with Gasteiger partial charge in [-0.3, -0.25) is 10.1 Å². The molecule has 0 saturated carbocycles. The number of anilines is 1. The molecule has 0 bridgehead atoms. The molecule has 0 amide bonds. The number of benzene rings is 1. The van der Waals surface area contributed by atoms with Crippen molar-refractivity contribution in [1.82, 2.24) is 0 Å². The summed E-state index contributed by atoms with van der Waals surface area (Å²) in [4.78, 5) is 21.1. The summed E-state index contributed by atoms with van der Waals surface area (Å²) in [7, 11) is 0. The van der Waals surface area contributed by atoms with Gasteiger partial charge >= 0.3 is 5.97 Å². The Morgan fingerprint density at radius 3 is 2.53 bits per heavy atom. The van der Waals surface area contributed by atoms with Crippen LogP contribution in [-0.4, -0.2) is 22.5 Å². The molecular weight excluding hydrogens is 248 g/mol. The molecule has 1 aromatic carbocycles. The maximum Gasteiger partial charge on any atom is 0.335 e. The number of aromatic carboxylic acids is 1. The minimum Gasteiger partial charge on any atom is -0.478 e. The molecule has 0 atom stereocenters. The van der Waals surface area contributed by atoms with Gasteiger partial charge in [0.05, 0.1) is 10.5 Å². The molecule has 0 saturated heterocycles. The second-order valence-electron chi connectivity index (χ2n) is 5.53. The lowest BCUT2D eigenvalue weighted by Crippen LogP contribution is -2.13. The van der Waals surface area contributed by atoms with E-state index in [1.807, 2.05) is 0 Å². The van der Waals surface area contributed by atoms with Crippen LogP contribution >= 0.6 is 0 Å². The molecule has 0 fully saturated rings. The Hall–Kier alpha value is -2.11. The van der Waals surface area contributed by atoms with Gasteiger partial charge in [-0.05, 0) is 24.0 Å². The van der Waals surface area contributed by atoms with E-state index in [2.05, 4.69) is 26.1 Å². The minimum absolute atomic E-state index is 0.0897. The van der Waals surface area contributed by atoms with E-state index in [-0.39, 0.29) is 16.7 Å². The smallest absolute Gasteiger partial charge is 0.335 e. The second kappa shape index (κ2) is 5.69. The molecule has 1 rings (SSSR count). The van der Waals surface area contributed by atoms with Crippen LogP contribution in [0.4, 0.5) is 11.4 Å². The van der Waals surface area contributed by atoms with Crippen molar-refractivity contribution in [3.8, 4) is 0 Å². The fourth-order valence-corrected chi connectivity index (χ4v) is 1.54. The Kier molecular flexibility index (Phi) is 4.47. The van der Waals surface area contributed by atoms with Gasteiger partial charge < -0.3 is 10.4 Å². The third kappa shape index (κ3) is 4.57. The van der Waals surface area contributed by atoms with E-state index in [0.29, 0.717) is 12.2 Å². The number of hydrogen-bond acceptors (Lipinski definition) is 4. The first kappa shape index (κ1) is 14.9. The Labute approximate surface area is 111 Å². The van der Waals surface area contributed by atoms with Crippen molar-refractivity contribution < 1.29 is 14.8 Å². The highest BCUT2D eigenvalue weighted by molar-refractivity contribution is 5.89. The van der Waals surface area contributed by atoms with Crippen LogP contribution in [0.3, 0.4) is 0 Å². The van der Waals surface area contributed by atoms with Gasteiger partial charge in [0.2, 0.25) is 0 Å². The fourth-order valence-electron chi connectivity index (χ4n) is 1.54. The first-order valence-corrected chi connectivity index (χ1v) is 5.96. The van der Waals surface area contributed by atoms with Crippen LogP contribution in [0.25, 0.3) is 0 Å². The minimum atomic E-state index is -1.18. The summed E-state index contributed by atoms with van der Waals surface area (Å²) in [5.74, 6) is -1.18. The lowest BCUT2D eigenvalue weighted by Gasteiger charge is -2.18. The quantitative estimate of drug-likeness (QED) is 0.630. The standard InChI is InChI=1S/C13H18N2O4/c1-13(2,3)6-7-14-10-5-4-9(12(16)17)8-11(10)15(18)19/h4-5,8,14H,6-7H2,1-3H3,(H,16,17). The largest absolute Gasteiger partial charge is 0.478 e. The van der Waals surface area contributed by atoms with Crippen molar-refractivity contribution >= 4 is 17.3 Å². The van der Waals surface area contributed by atoms with E-state index >= 15 is 0 Å². The van der Waals surface area contributed by atoms with Gasteiger partial charge in [-0.2, -0.15) is 0 Å². The molecule has 6 nitrogen and oxygen atoms in total. The van der Waals surface area contributed by atoms with Gasteiger partial charge in [0.25, 0.3) is 5.69 Å². The number of hydrogen-bond donors (Lipinski definition) is 2. The summed E-state index contributed by atoms with van der Waals surface area (Å²) in [5.41, 5.74) is 0.170. The van der Waals surface area contributed by atoms with Crippen LogP contribution in [0.2, 0.25) is 0 Å². The number of carboxylic acid groups (broad SMARTS) is 1. The van der Waals surface area contributed by atoms with Gasteiger partial charge in [0.1, 0.15) is 5.69 Å². The number of nitro benzene ring substituents is 1. The molecule has 19 heavy (non-hydrogen) atoms. The lowest BCUT2D eigenvalue weighted by molar-refractivity contribution is -0.384. The molecule has 0 aliphatic carbocycles. The molecule has 0 aliphatic heterocycles. The molecule has 104 valence electrons. The van der Waals surface area contributed by atoms with Gasteiger partial charge in [-0.25, -0.2) is 4.79 Å². The van der Waals surface area contributed by atoms with Crippen LogP contribution in [-0.2, 0) is 0 Å². The molecule has 6 heteroatoms. The summed E-state index contributed by atoms with van der Waals surface area (Å²) in [6.07, 6.45) is 0.852. The van der Waals surface area contributed by atoms with Crippen molar-refractivity contribution in [1.29, 1.82) is 0 Å². The molecule has 0 aliphatic rings. The number of rotatable bonds is 5. The number of nitrogens with one attached hydrogen (secondary N) is 1. The van der Waals surface area contributed by atoms with E-state index < -0.39 is 10.9 Å². The fraction of sp³-hybridized carbons (Fsp3) is 0.462. The van der Waals surface area contributed by atoms with Crippen molar-refractivity contribution in [2.24, 2.45) is 5.41 Å². The van der Waals surface area contributed by atoms with Crippen LogP contribution < -0.4 is 5.32 Å². The number of carbonyl (C=O) groups is 1. The molecule has 0 spiro atoms.